The first kappa shape index (κ1) is 17.9. The van der Waals surface area contributed by atoms with E-state index in [9.17, 15) is 9.59 Å². The number of carboxylic acids is 1. The van der Waals surface area contributed by atoms with E-state index in [1.54, 1.807) is 12.3 Å². The van der Waals surface area contributed by atoms with Gasteiger partial charge < -0.3 is 10.0 Å². The number of piperidine rings is 2. The maximum atomic E-state index is 12.6. The Morgan fingerprint density at radius 1 is 1.12 bits per heavy atom. The Hall–Kier alpha value is -1.95. The number of carbonyl (C=O) groups excluding carboxylic acids is 1. The van der Waals surface area contributed by atoms with Crippen LogP contribution in [0.2, 0.25) is 0 Å². The van der Waals surface area contributed by atoms with Crippen molar-refractivity contribution in [2.45, 2.75) is 57.5 Å². The summed E-state index contributed by atoms with van der Waals surface area (Å²) in [6.45, 7) is 3.34. The van der Waals surface area contributed by atoms with Crippen LogP contribution in [0.1, 0.15) is 61.0 Å². The van der Waals surface area contributed by atoms with Crippen molar-refractivity contribution in [3.8, 4) is 0 Å². The summed E-state index contributed by atoms with van der Waals surface area (Å²) in [6, 6.07) is 3.39. The lowest BCUT2D eigenvalue weighted by atomic mass is 9.97. The molecular weight excluding hydrogens is 318 g/mol. The highest BCUT2D eigenvalue weighted by atomic mass is 16.4. The Balaban J connectivity index is 1.63. The number of carboxylic acid groups (broad SMARTS) is 1. The highest BCUT2D eigenvalue weighted by Gasteiger charge is 2.27. The van der Waals surface area contributed by atoms with E-state index in [4.69, 9.17) is 5.11 Å². The number of aromatic carboxylic acids is 1. The Labute approximate surface area is 148 Å². The lowest BCUT2D eigenvalue weighted by Crippen LogP contribution is -2.44. The third-order valence-electron chi connectivity index (χ3n) is 5.30. The first-order chi connectivity index (χ1) is 12.1. The number of rotatable bonds is 5. The first-order valence-electron chi connectivity index (χ1n) is 9.33. The van der Waals surface area contributed by atoms with E-state index in [-0.39, 0.29) is 17.5 Å². The van der Waals surface area contributed by atoms with E-state index < -0.39 is 5.97 Å². The van der Waals surface area contributed by atoms with Crippen LogP contribution in [0.5, 0.6) is 0 Å². The van der Waals surface area contributed by atoms with E-state index >= 15 is 0 Å². The molecule has 1 amide bonds. The number of carbonyl (C=O) groups is 2. The van der Waals surface area contributed by atoms with Crippen LogP contribution in [0.15, 0.2) is 18.3 Å². The number of hydrogen-bond donors (Lipinski definition) is 1. The molecule has 2 fully saturated rings. The summed E-state index contributed by atoms with van der Waals surface area (Å²) in [5.41, 5.74) is 1.03. The van der Waals surface area contributed by atoms with Crippen LogP contribution >= 0.6 is 0 Å². The van der Waals surface area contributed by atoms with Gasteiger partial charge in [-0.1, -0.05) is 6.42 Å². The van der Waals surface area contributed by atoms with Gasteiger partial charge in [-0.3, -0.25) is 14.7 Å². The van der Waals surface area contributed by atoms with Crippen LogP contribution in [0.3, 0.4) is 0 Å². The molecule has 0 aromatic carbocycles. The van der Waals surface area contributed by atoms with E-state index in [1.807, 2.05) is 4.90 Å². The highest BCUT2D eigenvalue weighted by Crippen LogP contribution is 2.23. The fourth-order valence-electron chi connectivity index (χ4n) is 3.88. The second kappa shape index (κ2) is 8.43. The number of aromatic nitrogens is 1. The molecule has 0 unspecified atom stereocenters. The topological polar surface area (TPSA) is 73.7 Å². The van der Waals surface area contributed by atoms with Crippen LogP contribution in [-0.2, 0) is 11.3 Å². The molecule has 2 aliphatic heterocycles. The largest absolute Gasteiger partial charge is 0.478 e. The number of hydrogen-bond acceptors (Lipinski definition) is 4. The van der Waals surface area contributed by atoms with E-state index in [0.717, 1.165) is 57.4 Å². The summed E-state index contributed by atoms with van der Waals surface area (Å²) in [7, 11) is 0. The SMILES string of the molecule is O=C(O)c1ccnc(CN2CCCC[C@@H]2CC(=O)N2CCCCC2)c1. The molecule has 1 atom stereocenters. The number of pyridine rings is 1. The molecule has 2 aliphatic rings. The van der Waals surface area contributed by atoms with Crippen LogP contribution in [0, 0.1) is 0 Å². The van der Waals surface area contributed by atoms with Gasteiger partial charge in [-0.05, 0) is 50.8 Å². The van der Waals surface area contributed by atoms with Crippen LogP contribution in [0.25, 0.3) is 0 Å². The van der Waals surface area contributed by atoms with Gasteiger partial charge in [-0.15, -0.1) is 0 Å². The van der Waals surface area contributed by atoms with Crippen molar-refractivity contribution in [3.63, 3.8) is 0 Å². The summed E-state index contributed by atoms with van der Waals surface area (Å²) in [6.07, 6.45) is 8.88. The molecule has 2 saturated heterocycles. The third kappa shape index (κ3) is 4.78. The molecular formula is C19H27N3O3. The Bertz CT molecular complexity index is 614. The standard InChI is InChI=1S/C19H27N3O3/c23-18(21-9-3-1-4-10-21)13-17-6-2-5-11-22(17)14-16-12-15(19(24)25)7-8-20-16/h7-8,12,17H,1-6,9-11,13-14H2,(H,24,25)/t17-/m1/s1. The highest BCUT2D eigenvalue weighted by molar-refractivity contribution is 5.87. The van der Waals surface area contributed by atoms with Gasteiger partial charge in [0.15, 0.2) is 0 Å². The molecule has 6 heteroatoms. The van der Waals surface area contributed by atoms with E-state index in [1.165, 1.54) is 12.5 Å². The molecule has 0 aliphatic carbocycles. The lowest BCUT2D eigenvalue weighted by molar-refractivity contribution is -0.133. The first-order valence-corrected chi connectivity index (χ1v) is 9.33. The number of likely N-dealkylation sites (tertiary alicyclic amines) is 2. The van der Waals surface area contributed by atoms with Gasteiger partial charge in [-0.25, -0.2) is 4.79 Å². The van der Waals surface area contributed by atoms with Gasteiger partial charge in [0.1, 0.15) is 0 Å². The zero-order valence-corrected chi connectivity index (χ0v) is 14.7. The summed E-state index contributed by atoms with van der Waals surface area (Å²) in [4.78, 5) is 32.4. The molecule has 1 aromatic heterocycles. The van der Waals surface area contributed by atoms with Gasteiger partial charge in [0, 0.05) is 38.3 Å². The third-order valence-corrected chi connectivity index (χ3v) is 5.30. The van der Waals surface area contributed by atoms with Crippen LogP contribution < -0.4 is 0 Å². The summed E-state index contributed by atoms with van der Waals surface area (Å²) < 4.78 is 0. The Morgan fingerprint density at radius 3 is 2.64 bits per heavy atom. The van der Waals surface area contributed by atoms with Crippen molar-refractivity contribution in [1.29, 1.82) is 0 Å². The van der Waals surface area contributed by atoms with Gasteiger partial charge >= 0.3 is 5.97 Å². The second-order valence-electron chi connectivity index (χ2n) is 7.11. The zero-order chi connectivity index (χ0) is 17.6. The monoisotopic (exact) mass is 345 g/mol. The van der Waals surface area contributed by atoms with Crippen LogP contribution in [-0.4, -0.2) is 57.4 Å². The summed E-state index contributed by atoms with van der Waals surface area (Å²) in [5.74, 6) is -0.664. The minimum absolute atomic E-state index is 0.235. The molecule has 0 spiro atoms. The molecule has 0 saturated carbocycles. The molecule has 136 valence electrons. The zero-order valence-electron chi connectivity index (χ0n) is 14.7. The van der Waals surface area contributed by atoms with Crippen molar-refractivity contribution in [2.75, 3.05) is 19.6 Å². The molecule has 6 nitrogen and oxygen atoms in total. The molecule has 0 bridgehead atoms. The van der Waals surface area contributed by atoms with Crippen molar-refractivity contribution in [3.05, 3.63) is 29.6 Å². The molecule has 25 heavy (non-hydrogen) atoms. The fraction of sp³-hybridized carbons (Fsp3) is 0.632. The quantitative estimate of drug-likeness (QED) is 0.888. The molecule has 3 rings (SSSR count). The number of amides is 1. The van der Waals surface area contributed by atoms with E-state index in [0.29, 0.717) is 13.0 Å². The molecule has 0 radical (unpaired) electrons. The van der Waals surface area contributed by atoms with Gasteiger partial charge in [0.25, 0.3) is 0 Å². The number of nitrogens with zero attached hydrogens (tertiary/aromatic N) is 3. The van der Waals surface area contributed by atoms with Crippen LogP contribution in [0.4, 0.5) is 0 Å². The van der Waals surface area contributed by atoms with E-state index in [2.05, 4.69) is 9.88 Å². The predicted molar refractivity (Wildman–Crippen MR) is 94.3 cm³/mol. The maximum absolute atomic E-state index is 12.6. The van der Waals surface area contributed by atoms with Gasteiger partial charge in [0.2, 0.25) is 5.91 Å². The molecule has 1 aromatic rings. The molecule has 3 heterocycles. The Kier molecular flexibility index (Phi) is 6.02. The summed E-state index contributed by atoms with van der Waals surface area (Å²) >= 11 is 0. The minimum Gasteiger partial charge on any atom is -0.478 e. The van der Waals surface area contributed by atoms with Gasteiger partial charge in [-0.2, -0.15) is 0 Å². The van der Waals surface area contributed by atoms with Crippen molar-refractivity contribution >= 4 is 11.9 Å². The molecule has 1 N–H and O–H groups in total. The smallest absolute Gasteiger partial charge is 0.335 e. The summed E-state index contributed by atoms with van der Waals surface area (Å²) in [5, 5.41) is 9.14. The second-order valence-corrected chi connectivity index (χ2v) is 7.11. The van der Waals surface area contributed by atoms with Crippen molar-refractivity contribution in [1.82, 2.24) is 14.8 Å². The normalized spacial score (nSPS) is 21.9. The van der Waals surface area contributed by atoms with Crippen molar-refractivity contribution < 1.29 is 14.7 Å². The van der Waals surface area contributed by atoms with Crippen molar-refractivity contribution in [2.24, 2.45) is 0 Å². The average Bonchev–Trinajstić information content (AvgIpc) is 2.64. The maximum Gasteiger partial charge on any atom is 0.335 e. The Morgan fingerprint density at radius 2 is 1.88 bits per heavy atom. The predicted octanol–water partition coefficient (Wildman–Crippen LogP) is 2.54. The average molecular weight is 345 g/mol. The lowest BCUT2D eigenvalue weighted by Gasteiger charge is -2.37. The van der Waals surface area contributed by atoms with Gasteiger partial charge in [0.05, 0.1) is 11.3 Å². The minimum atomic E-state index is -0.931. The fourth-order valence-corrected chi connectivity index (χ4v) is 3.88.